The number of nitrogens with one attached hydrogen (secondary N) is 1. The molecule has 19 heavy (non-hydrogen) atoms. The summed E-state index contributed by atoms with van der Waals surface area (Å²) in [4.78, 5) is 21.8. The lowest BCUT2D eigenvalue weighted by Gasteiger charge is -2.25. The van der Waals surface area contributed by atoms with Gasteiger partial charge in [-0.25, -0.2) is 4.79 Å². The molecule has 0 saturated carbocycles. The second kappa shape index (κ2) is 8.05. The maximum atomic E-state index is 11.4. The molecule has 0 saturated heterocycles. The Morgan fingerprint density at radius 2 is 1.63 bits per heavy atom. The first-order valence-electron chi connectivity index (χ1n) is 5.95. The van der Waals surface area contributed by atoms with Crippen molar-refractivity contribution in [2.45, 2.75) is 44.7 Å². The standard InChI is InChI=1S/C11H21NO7/c1-3-5(2)10(17)12-4-6(13)7(14)8(15)9(16)11(18)19/h5-9,13-16H,3-4H2,1-2H3,(H,12,17)(H,18,19). The molecule has 0 radical (unpaired) electrons. The predicted molar refractivity (Wildman–Crippen MR) is 64.1 cm³/mol. The molecule has 6 N–H and O–H groups in total. The quantitative estimate of drug-likeness (QED) is 0.292. The summed E-state index contributed by atoms with van der Waals surface area (Å²) in [6.07, 6.45) is -7.13. The number of carboxylic acids is 1. The van der Waals surface area contributed by atoms with Gasteiger partial charge in [-0.2, -0.15) is 0 Å². The van der Waals surface area contributed by atoms with Crippen molar-refractivity contribution in [2.75, 3.05) is 6.54 Å². The number of aliphatic carboxylic acids is 1. The van der Waals surface area contributed by atoms with Crippen molar-refractivity contribution in [1.29, 1.82) is 0 Å². The molecule has 5 unspecified atom stereocenters. The fraction of sp³-hybridized carbons (Fsp3) is 0.818. The molecule has 0 aliphatic heterocycles. The molecular weight excluding hydrogens is 258 g/mol. The van der Waals surface area contributed by atoms with Crippen LogP contribution in [0, 0.1) is 5.92 Å². The largest absolute Gasteiger partial charge is 0.479 e. The third-order valence-electron chi connectivity index (χ3n) is 2.87. The minimum absolute atomic E-state index is 0.265. The van der Waals surface area contributed by atoms with Crippen LogP contribution in [0.25, 0.3) is 0 Å². The molecular formula is C11H21NO7. The molecule has 0 spiro atoms. The number of carboxylic acid groups (broad SMARTS) is 1. The fourth-order valence-corrected chi connectivity index (χ4v) is 1.25. The fourth-order valence-electron chi connectivity index (χ4n) is 1.25. The van der Waals surface area contributed by atoms with Crippen molar-refractivity contribution in [2.24, 2.45) is 5.92 Å². The van der Waals surface area contributed by atoms with Gasteiger partial charge >= 0.3 is 5.97 Å². The smallest absolute Gasteiger partial charge is 0.335 e. The van der Waals surface area contributed by atoms with Gasteiger partial charge in [0.2, 0.25) is 5.91 Å². The van der Waals surface area contributed by atoms with Crippen molar-refractivity contribution < 1.29 is 35.1 Å². The highest BCUT2D eigenvalue weighted by Gasteiger charge is 2.34. The maximum absolute atomic E-state index is 11.4. The molecule has 0 aliphatic carbocycles. The van der Waals surface area contributed by atoms with Crippen LogP contribution in [0.3, 0.4) is 0 Å². The third-order valence-corrected chi connectivity index (χ3v) is 2.87. The van der Waals surface area contributed by atoms with E-state index in [9.17, 15) is 24.9 Å². The van der Waals surface area contributed by atoms with Crippen LogP contribution in [0.5, 0.6) is 0 Å². The number of aliphatic hydroxyl groups excluding tert-OH is 4. The maximum Gasteiger partial charge on any atom is 0.335 e. The van der Waals surface area contributed by atoms with Crippen molar-refractivity contribution >= 4 is 11.9 Å². The van der Waals surface area contributed by atoms with Crippen LogP contribution >= 0.6 is 0 Å². The monoisotopic (exact) mass is 279 g/mol. The Bertz CT molecular complexity index is 309. The first kappa shape index (κ1) is 17.8. The molecule has 0 aromatic rings. The summed E-state index contributed by atoms with van der Waals surface area (Å²) in [5.41, 5.74) is 0. The second-order valence-electron chi connectivity index (χ2n) is 4.39. The highest BCUT2D eigenvalue weighted by molar-refractivity contribution is 5.78. The van der Waals surface area contributed by atoms with Crippen molar-refractivity contribution in [3.8, 4) is 0 Å². The van der Waals surface area contributed by atoms with E-state index in [0.29, 0.717) is 6.42 Å². The van der Waals surface area contributed by atoms with E-state index in [-0.39, 0.29) is 18.4 Å². The summed E-state index contributed by atoms with van der Waals surface area (Å²) < 4.78 is 0. The van der Waals surface area contributed by atoms with Crippen LogP contribution in [0.15, 0.2) is 0 Å². The van der Waals surface area contributed by atoms with Gasteiger partial charge < -0.3 is 30.8 Å². The summed E-state index contributed by atoms with van der Waals surface area (Å²) in [5, 5.41) is 48.0. The average Bonchev–Trinajstić information content (AvgIpc) is 2.40. The van der Waals surface area contributed by atoms with Gasteiger partial charge in [-0.3, -0.25) is 4.79 Å². The van der Waals surface area contributed by atoms with E-state index < -0.39 is 30.4 Å². The molecule has 5 atom stereocenters. The van der Waals surface area contributed by atoms with Crippen LogP contribution in [-0.2, 0) is 9.59 Å². The van der Waals surface area contributed by atoms with E-state index in [4.69, 9.17) is 10.2 Å². The van der Waals surface area contributed by atoms with Crippen molar-refractivity contribution in [3.05, 3.63) is 0 Å². The Labute approximate surface area is 110 Å². The summed E-state index contributed by atoms with van der Waals surface area (Å²) in [5.74, 6) is -2.32. The molecule has 0 aromatic heterocycles. The number of hydrogen-bond acceptors (Lipinski definition) is 6. The van der Waals surface area contributed by atoms with Crippen molar-refractivity contribution in [1.82, 2.24) is 5.32 Å². The molecule has 8 heteroatoms. The minimum Gasteiger partial charge on any atom is -0.479 e. The van der Waals surface area contributed by atoms with E-state index >= 15 is 0 Å². The number of carbonyl (C=O) groups excluding carboxylic acids is 1. The van der Waals surface area contributed by atoms with Crippen LogP contribution in [0.1, 0.15) is 20.3 Å². The van der Waals surface area contributed by atoms with Gasteiger partial charge in [0.05, 0.1) is 6.10 Å². The Kier molecular flexibility index (Phi) is 7.53. The van der Waals surface area contributed by atoms with Crippen LogP contribution < -0.4 is 5.32 Å². The molecule has 112 valence electrons. The third kappa shape index (κ3) is 5.52. The van der Waals surface area contributed by atoms with Crippen LogP contribution in [0.4, 0.5) is 0 Å². The summed E-state index contributed by atoms with van der Waals surface area (Å²) in [6.45, 7) is 3.14. The minimum atomic E-state index is -2.21. The summed E-state index contributed by atoms with van der Waals surface area (Å²) in [7, 11) is 0. The van der Waals surface area contributed by atoms with Gasteiger partial charge in [0.1, 0.15) is 12.2 Å². The van der Waals surface area contributed by atoms with Gasteiger partial charge in [-0.05, 0) is 6.42 Å². The molecule has 0 heterocycles. The molecule has 0 rings (SSSR count). The Morgan fingerprint density at radius 1 is 1.11 bits per heavy atom. The zero-order valence-electron chi connectivity index (χ0n) is 10.9. The topological polar surface area (TPSA) is 147 Å². The molecule has 8 nitrogen and oxygen atoms in total. The summed E-state index contributed by atoms with van der Waals surface area (Å²) in [6, 6.07) is 0. The first-order valence-corrected chi connectivity index (χ1v) is 5.95. The molecule has 0 aromatic carbocycles. The number of aliphatic hydroxyl groups is 4. The molecule has 0 fully saturated rings. The van der Waals surface area contributed by atoms with Crippen molar-refractivity contribution in [3.63, 3.8) is 0 Å². The lowest BCUT2D eigenvalue weighted by Crippen LogP contribution is -2.51. The Hall–Kier alpha value is -1.22. The van der Waals surface area contributed by atoms with Gasteiger partial charge in [0, 0.05) is 12.5 Å². The number of amides is 1. The lowest BCUT2D eigenvalue weighted by molar-refractivity contribution is -0.162. The second-order valence-corrected chi connectivity index (χ2v) is 4.39. The van der Waals surface area contributed by atoms with E-state index in [1.54, 1.807) is 6.92 Å². The van der Waals surface area contributed by atoms with E-state index in [1.807, 2.05) is 6.92 Å². The Balaban J connectivity index is 4.31. The summed E-state index contributed by atoms with van der Waals surface area (Å²) >= 11 is 0. The SMILES string of the molecule is CCC(C)C(=O)NCC(O)C(O)C(O)C(O)C(=O)O. The molecule has 0 aliphatic rings. The number of hydrogen-bond donors (Lipinski definition) is 6. The van der Waals surface area contributed by atoms with E-state index in [0.717, 1.165) is 0 Å². The van der Waals surface area contributed by atoms with E-state index in [1.165, 1.54) is 0 Å². The molecule has 0 bridgehead atoms. The van der Waals surface area contributed by atoms with Gasteiger partial charge in [-0.1, -0.05) is 13.8 Å². The van der Waals surface area contributed by atoms with Gasteiger partial charge in [0.25, 0.3) is 0 Å². The Morgan fingerprint density at radius 3 is 2.05 bits per heavy atom. The van der Waals surface area contributed by atoms with Crippen LogP contribution in [0.2, 0.25) is 0 Å². The highest BCUT2D eigenvalue weighted by atomic mass is 16.4. The van der Waals surface area contributed by atoms with Gasteiger partial charge in [-0.15, -0.1) is 0 Å². The van der Waals surface area contributed by atoms with Gasteiger partial charge in [0.15, 0.2) is 6.10 Å². The predicted octanol–water partition coefficient (Wildman–Crippen LogP) is -2.32. The average molecular weight is 279 g/mol. The lowest BCUT2D eigenvalue weighted by atomic mass is 10.0. The zero-order chi connectivity index (χ0) is 15.2. The van der Waals surface area contributed by atoms with E-state index in [2.05, 4.69) is 5.32 Å². The normalized spacial score (nSPS) is 19.1. The number of carbonyl (C=O) groups is 2. The highest BCUT2D eigenvalue weighted by Crippen LogP contribution is 2.06. The molecule has 1 amide bonds. The van der Waals surface area contributed by atoms with Crippen LogP contribution in [-0.4, -0.2) is 68.4 Å². The zero-order valence-corrected chi connectivity index (χ0v) is 10.9. The number of rotatable bonds is 8. The first-order chi connectivity index (χ1) is 8.72.